The van der Waals surface area contributed by atoms with Gasteiger partial charge < -0.3 is 14.4 Å². The van der Waals surface area contributed by atoms with Gasteiger partial charge in [0.05, 0.1) is 26.0 Å². The predicted octanol–water partition coefficient (Wildman–Crippen LogP) is 1.62. The molecule has 0 unspecified atom stereocenters. The highest BCUT2D eigenvalue weighted by molar-refractivity contribution is 8.14. The number of likely N-dealkylation sites (tertiary alicyclic amines) is 1. The number of nitrogens with zero attached hydrogens (tertiary/aromatic N) is 2. The van der Waals surface area contributed by atoms with Gasteiger partial charge >= 0.3 is 0 Å². The molecule has 0 bridgehead atoms. The summed E-state index contributed by atoms with van der Waals surface area (Å²) < 4.78 is 10.4. The van der Waals surface area contributed by atoms with Gasteiger partial charge in [-0.1, -0.05) is 17.8 Å². The first-order valence-electron chi connectivity index (χ1n) is 7.71. The molecule has 2 aliphatic heterocycles. The van der Waals surface area contributed by atoms with Crippen LogP contribution in [-0.4, -0.2) is 66.0 Å². The summed E-state index contributed by atoms with van der Waals surface area (Å²) >= 11 is 1.01. The van der Waals surface area contributed by atoms with E-state index in [4.69, 9.17) is 9.47 Å². The van der Waals surface area contributed by atoms with E-state index in [1.165, 1.54) is 11.0 Å². The van der Waals surface area contributed by atoms with Crippen molar-refractivity contribution in [2.75, 3.05) is 33.1 Å². The summed E-state index contributed by atoms with van der Waals surface area (Å²) in [5.41, 5.74) is 0.810. The van der Waals surface area contributed by atoms with Crippen LogP contribution in [0.4, 0.5) is 4.79 Å². The summed E-state index contributed by atoms with van der Waals surface area (Å²) in [5.74, 6) is 1.08. The molecule has 0 atom stereocenters. The lowest BCUT2D eigenvalue weighted by molar-refractivity contribution is -0.138. The van der Waals surface area contributed by atoms with Gasteiger partial charge in [0.25, 0.3) is 5.24 Å². The zero-order valence-electron chi connectivity index (χ0n) is 13.9. The van der Waals surface area contributed by atoms with Crippen molar-refractivity contribution in [1.29, 1.82) is 0 Å². The largest absolute Gasteiger partial charge is 0.493 e. The minimum absolute atomic E-state index is 0.155. The smallest absolute Gasteiger partial charge is 0.289 e. The molecule has 2 fully saturated rings. The molecule has 0 saturated carbocycles. The molecule has 0 spiro atoms. The quantitative estimate of drug-likeness (QED) is 0.741. The fraction of sp³-hybridized carbons (Fsp3) is 0.353. The molecule has 3 rings (SSSR count). The summed E-state index contributed by atoms with van der Waals surface area (Å²) in [7, 11) is 3.11. The average Bonchev–Trinajstić information content (AvgIpc) is 2.90. The van der Waals surface area contributed by atoms with Crippen molar-refractivity contribution in [2.45, 2.75) is 6.04 Å². The van der Waals surface area contributed by atoms with Crippen LogP contribution in [0.1, 0.15) is 5.56 Å². The molecule has 0 aliphatic carbocycles. The Bertz CT molecular complexity index is 727. The van der Waals surface area contributed by atoms with Crippen LogP contribution in [0.5, 0.6) is 11.5 Å². The van der Waals surface area contributed by atoms with Gasteiger partial charge in [0.1, 0.15) is 0 Å². The molecule has 2 aliphatic rings. The molecule has 3 amide bonds. The molecular formula is C17H18N2O5S. The zero-order valence-corrected chi connectivity index (χ0v) is 14.7. The number of imide groups is 1. The lowest BCUT2D eigenvalue weighted by Crippen LogP contribution is -2.61. The van der Waals surface area contributed by atoms with E-state index in [1.54, 1.807) is 37.3 Å². The van der Waals surface area contributed by atoms with E-state index in [-0.39, 0.29) is 28.8 Å². The third-order valence-corrected chi connectivity index (χ3v) is 4.98. The number of carbonyl (C=O) groups is 3. The van der Waals surface area contributed by atoms with Gasteiger partial charge in [-0.3, -0.25) is 19.3 Å². The third kappa shape index (κ3) is 3.48. The maximum Gasteiger partial charge on any atom is 0.289 e. The summed E-state index contributed by atoms with van der Waals surface area (Å²) in [6, 6.07) is 5.17. The predicted molar refractivity (Wildman–Crippen MR) is 93.6 cm³/mol. The number of benzene rings is 1. The second-order valence-electron chi connectivity index (χ2n) is 5.66. The van der Waals surface area contributed by atoms with Crippen LogP contribution in [-0.2, 0) is 9.59 Å². The Kier molecular flexibility index (Phi) is 4.98. The zero-order chi connectivity index (χ0) is 18.0. The summed E-state index contributed by atoms with van der Waals surface area (Å²) in [6.45, 7) is 0.764. The molecule has 25 heavy (non-hydrogen) atoms. The SMILES string of the molecule is COc1ccc(/C=C/C(=O)N2CC(N3C(=O)CSC3=O)C2)cc1OC. The minimum atomic E-state index is -0.219. The topological polar surface area (TPSA) is 76.2 Å². The maximum atomic E-state index is 12.2. The number of hydrogen-bond acceptors (Lipinski definition) is 6. The minimum Gasteiger partial charge on any atom is -0.493 e. The van der Waals surface area contributed by atoms with Crippen molar-refractivity contribution in [3.63, 3.8) is 0 Å². The summed E-state index contributed by atoms with van der Waals surface area (Å²) in [5, 5.41) is -0.219. The van der Waals surface area contributed by atoms with E-state index in [1.807, 2.05) is 6.07 Å². The number of rotatable bonds is 5. The van der Waals surface area contributed by atoms with Crippen LogP contribution in [0.25, 0.3) is 6.08 Å². The molecule has 2 heterocycles. The Morgan fingerprint density at radius 2 is 1.92 bits per heavy atom. The van der Waals surface area contributed by atoms with E-state index in [0.717, 1.165) is 17.3 Å². The van der Waals surface area contributed by atoms with Gasteiger partial charge in [-0.05, 0) is 23.8 Å². The van der Waals surface area contributed by atoms with E-state index in [0.29, 0.717) is 24.6 Å². The normalized spacial score (nSPS) is 18.0. The number of amides is 3. The van der Waals surface area contributed by atoms with Crippen LogP contribution in [0.3, 0.4) is 0 Å². The van der Waals surface area contributed by atoms with Gasteiger partial charge in [0, 0.05) is 19.2 Å². The van der Waals surface area contributed by atoms with E-state index < -0.39 is 0 Å². The van der Waals surface area contributed by atoms with Crippen molar-refractivity contribution < 1.29 is 23.9 Å². The number of carbonyl (C=O) groups excluding carboxylic acids is 3. The third-order valence-electron chi connectivity index (χ3n) is 4.15. The maximum absolute atomic E-state index is 12.2. The van der Waals surface area contributed by atoms with E-state index in [2.05, 4.69) is 0 Å². The molecule has 1 aromatic carbocycles. The lowest BCUT2D eigenvalue weighted by atomic mass is 10.1. The Hall–Kier alpha value is -2.48. The standard InChI is InChI=1S/C17H18N2O5S/c1-23-13-5-3-11(7-14(13)24-2)4-6-15(20)18-8-12(9-18)19-16(21)10-25-17(19)22/h3-7,12H,8-10H2,1-2H3/b6-4+. The Balaban J connectivity index is 1.58. The highest BCUT2D eigenvalue weighted by Gasteiger charge is 2.42. The summed E-state index contributed by atoms with van der Waals surface area (Å²) in [4.78, 5) is 38.4. The number of hydrogen-bond donors (Lipinski definition) is 0. The average molecular weight is 362 g/mol. The van der Waals surface area contributed by atoms with E-state index in [9.17, 15) is 14.4 Å². The van der Waals surface area contributed by atoms with Crippen LogP contribution >= 0.6 is 11.8 Å². The lowest BCUT2D eigenvalue weighted by Gasteiger charge is -2.42. The van der Waals surface area contributed by atoms with Crippen LogP contribution in [0, 0.1) is 0 Å². The van der Waals surface area contributed by atoms with Crippen LogP contribution in [0.2, 0.25) is 0 Å². The van der Waals surface area contributed by atoms with Crippen molar-refractivity contribution in [3.8, 4) is 11.5 Å². The monoisotopic (exact) mass is 362 g/mol. The fourth-order valence-corrected chi connectivity index (χ4v) is 3.52. The van der Waals surface area contributed by atoms with Crippen LogP contribution < -0.4 is 9.47 Å². The highest BCUT2D eigenvalue weighted by Crippen LogP contribution is 2.28. The Labute approximate surface area is 149 Å². The Morgan fingerprint density at radius 3 is 2.52 bits per heavy atom. The second kappa shape index (κ2) is 7.18. The first kappa shape index (κ1) is 17.3. The Morgan fingerprint density at radius 1 is 1.20 bits per heavy atom. The van der Waals surface area contributed by atoms with Gasteiger partial charge in [0.15, 0.2) is 11.5 Å². The van der Waals surface area contributed by atoms with Crippen molar-refractivity contribution >= 4 is 34.9 Å². The molecule has 8 heteroatoms. The fourth-order valence-electron chi connectivity index (χ4n) is 2.75. The van der Waals surface area contributed by atoms with Gasteiger partial charge in [-0.2, -0.15) is 0 Å². The molecule has 7 nitrogen and oxygen atoms in total. The van der Waals surface area contributed by atoms with Gasteiger partial charge in [-0.15, -0.1) is 0 Å². The molecule has 0 N–H and O–H groups in total. The molecule has 0 radical (unpaired) electrons. The summed E-state index contributed by atoms with van der Waals surface area (Å²) in [6.07, 6.45) is 3.17. The van der Waals surface area contributed by atoms with Crippen molar-refractivity contribution in [3.05, 3.63) is 29.8 Å². The molecule has 0 aromatic heterocycles. The first-order valence-corrected chi connectivity index (χ1v) is 8.70. The number of ether oxygens (including phenoxy) is 2. The van der Waals surface area contributed by atoms with Gasteiger partial charge in [0.2, 0.25) is 11.8 Å². The van der Waals surface area contributed by atoms with E-state index >= 15 is 0 Å². The first-order chi connectivity index (χ1) is 12.0. The van der Waals surface area contributed by atoms with Gasteiger partial charge in [-0.25, -0.2) is 0 Å². The highest BCUT2D eigenvalue weighted by atomic mass is 32.2. The van der Waals surface area contributed by atoms with Crippen molar-refractivity contribution in [2.24, 2.45) is 0 Å². The molecule has 2 saturated heterocycles. The van der Waals surface area contributed by atoms with Crippen LogP contribution in [0.15, 0.2) is 24.3 Å². The molecular weight excluding hydrogens is 344 g/mol. The second-order valence-corrected chi connectivity index (χ2v) is 6.59. The van der Waals surface area contributed by atoms with Crippen molar-refractivity contribution in [1.82, 2.24) is 9.80 Å². The molecule has 132 valence electrons. The number of methoxy groups -OCH3 is 2. The molecule has 1 aromatic rings. The number of thioether (sulfide) groups is 1.